The predicted octanol–water partition coefficient (Wildman–Crippen LogP) is 5.62. The summed E-state index contributed by atoms with van der Waals surface area (Å²) in [6.07, 6.45) is -1.99. The molecule has 0 fully saturated rings. The molecule has 0 atom stereocenters. The van der Waals surface area contributed by atoms with Crippen molar-refractivity contribution in [2.24, 2.45) is 0 Å². The molecule has 0 spiro atoms. The van der Waals surface area contributed by atoms with Crippen LogP contribution >= 0.6 is 0 Å². The van der Waals surface area contributed by atoms with Gasteiger partial charge in [0.2, 0.25) is 0 Å². The minimum Gasteiger partial charge on any atom is -0.458 e. The zero-order chi connectivity index (χ0) is 18.6. The second-order valence-electron chi connectivity index (χ2n) is 5.70. The van der Waals surface area contributed by atoms with Gasteiger partial charge < -0.3 is 4.74 Å². The summed E-state index contributed by atoms with van der Waals surface area (Å²) >= 11 is 0. The number of fused-ring (bicyclic) bond motifs is 1. The number of benzene rings is 3. The first-order chi connectivity index (χ1) is 12.4. The van der Waals surface area contributed by atoms with Crippen LogP contribution in [-0.2, 0) is 22.3 Å². The molecule has 5 heteroatoms. The molecule has 0 aliphatic carbocycles. The summed E-state index contributed by atoms with van der Waals surface area (Å²) in [5, 5.41) is 2.03. The molecule has 0 saturated carbocycles. The van der Waals surface area contributed by atoms with E-state index in [2.05, 4.69) is 0 Å². The Morgan fingerprint density at radius 2 is 1.69 bits per heavy atom. The topological polar surface area (TPSA) is 26.3 Å². The van der Waals surface area contributed by atoms with Crippen molar-refractivity contribution in [2.45, 2.75) is 12.8 Å². The molecule has 0 amide bonds. The van der Waals surface area contributed by atoms with Gasteiger partial charge in [-0.1, -0.05) is 54.6 Å². The van der Waals surface area contributed by atoms with Crippen molar-refractivity contribution < 1.29 is 22.7 Å². The second-order valence-corrected chi connectivity index (χ2v) is 5.70. The van der Waals surface area contributed by atoms with Gasteiger partial charge >= 0.3 is 12.1 Å². The average Bonchev–Trinajstić information content (AvgIpc) is 2.64. The van der Waals surface area contributed by atoms with Gasteiger partial charge in [-0.15, -0.1) is 0 Å². The van der Waals surface area contributed by atoms with Gasteiger partial charge in [-0.25, -0.2) is 4.79 Å². The van der Waals surface area contributed by atoms with Crippen LogP contribution in [0.1, 0.15) is 16.7 Å². The van der Waals surface area contributed by atoms with Gasteiger partial charge in [0.15, 0.2) is 0 Å². The predicted molar refractivity (Wildman–Crippen MR) is 94.2 cm³/mol. The van der Waals surface area contributed by atoms with Crippen LogP contribution < -0.4 is 0 Å². The van der Waals surface area contributed by atoms with Crippen molar-refractivity contribution in [3.05, 3.63) is 89.5 Å². The number of carbonyl (C=O) groups is 1. The van der Waals surface area contributed by atoms with Gasteiger partial charge in [-0.2, -0.15) is 13.2 Å². The summed E-state index contributed by atoms with van der Waals surface area (Å²) in [6, 6.07) is 18.2. The van der Waals surface area contributed by atoms with E-state index in [0.29, 0.717) is 0 Å². The molecule has 0 N–H and O–H groups in total. The largest absolute Gasteiger partial charge is 0.458 e. The van der Waals surface area contributed by atoms with E-state index in [1.54, 1.807) is 0 Å². The van der Waals surface area contributed by atoms with Crippen molar-refractivity contribution in [1.82, 2.24) is 0 Å². The summed E-state index contributed by atoms with van der Waals surface area (Å²) in [6.45, 7) is 0.0904. The Hall–Kier alpha value is -3.08. The monoisotopic (exact) mass is 356 g/mol. The van der Waals surface area contributed by atoms with E-state index < -0.39 is 17.7 Å². The molecule has 3 rings (SSSR count). The number of ether oxygens (including phenoxy) is 1. The smallest absolute Gasteiger partial charge is 0.416 e. The standard InChI is InChI=1S/C21H15F3O2/c22-21(23,24)18-9-3-5-15(13-18)11-12-20(25)26-14-17-8-4-7-16-6-1-2-10-19(16)17/h1-13H,14H2. The van der Waals surface area contributed by atoms with Crippen molar-refractivity contribution >= 4 is 22.8 Å². The summed E-state index contributed by atoms with van der Waals surface area (Å²) in [5.74, 6) is -0.615. The van der Waals surface area contributed by atoms with E-state index in [9.17, 15) is 18.0 Å². The molecular weight excluding hydrogens is 341 g/mol. The average molecular weight is 356 g/mol. The van der Waals surface area contributed by atoms with Gasteiger partial charge in [-0.3, -0.25) is 0 Å². The van der Waals surface area contributed by atoms with Crippen molar-refractivity contribution in [3.8, 4) is 0 Å². The zero-order valence-electron chi connectivity index (χ0n) is 13.7. The van der Waals surface area contributed by atoms with Crippen molar-refractivity contribution in [3.63, 3.8) is 0 Å². The van der Waals surface area contributed by atoms with Gasteiger partial charge in [0.25, 0.3) is 0 Å². The second kappa shape index (κ2) is 7.44. The molecule has 132 valence electrons. The van der Waals surface area contributed by atoms with Crippen LogP contribution in [0.25, 0.3) is 16.8 Å². The molecular formula is C21H15F3O2. The van der Waals surface area contributed by atoms with Crippen LogP contribution in [0.2, 0.25) is 0 Å². The minimum absolute atomic E-state index is 0.0904. The fourth-order valence-electron chi connectivity index (χ4n) is 2.60. The Morgan fingerprint density at radius 1 is 0.962 bits per heavy atom. The molecule has 0 bridgehead atoms. The lowest BCUT2D eigenvalue weighted by Gasteiger charge is -2.07. The number of halogens is 3. The van der Waals surface area contributed by atoms with E-state index in [1.165, 1.54) is 18.2 Å². The Kier molecular flexibility index (Phi) is 5.07. The highest BCUT2D eigenvalue weighted by Gasteiger charge is 2.30. The van der Waals surface area contributed by atoms with Crippen LogP contribution in [0.15, 0.2) is 72.8 Å². The summed E-state index contributed by atoms with van der Waals surface area (Å²) < 4.78 is 43.3. The number of carbonyl (C=O) groups excluding carboxylic acids is 1. The minimum atomic E-state index is -4.42. The maximum absolute atomic E-state index is 12.7. The van der Waals surface area contributed by atoms with E-state index in [0.717, 1.165) is 34.5 Å². The van der Waals surface area contributed by atoms with E-state index in [4.69, 9.17) is 4.74 Å². The maximum atomic E-state index is 12.7. The van der Waals surface area contributed by atoms with E-state index in [1.807, 2.05) is 42.5 Å². The molecule has 0 aliphatic heterocycles. The van der Waals surface area contributed by atoms with Crippen LogP contribution in [0.4, 0.5) is 13.2 Å². The SMILES string of the molecule is O=C(C=Cc1cccc(C(F)(F)F)c1)OCc1cccc2ccccc12. The van der Waals surface area contributed by atoms with Crippen molar-refractivity contribution in [2.75, 3.05) is 0 Å². The maximum Gasteiger partial charge on any atom is 0.416 e. The lowest BCUT2D eigenvalue weighted by molar-refractivity contribution is -0.139. The van der Waals surface area contributed by atoms with Gasteiger partial charge in [-0.05, 0) is 40.1 Å². The Bertz CT molecular complexity index is 953. The summed E-state index contributed by atoms with van der Waals surface area (Å²) in [4.78, 5) is 11.9. The lowest BCUT2D eigenvalue weighted by atomic mass is 10.1. The van der Waals surface area contributed by atoms with Crippen LogP contribution in [0, 0.1) is 0 Å². The first-order valence-corrected chi connectivity index (χ1v) is 7.92. The lowest BCUT2D eigenvalue weighted by Crippen LogP contribution is -2.04. The number of hydrogen-bond acceptors (Lipinski definition) is 2. The van der Waals surface area contributed by atoms with Gasteiger partial charge in [0.1, 0.15) is 6.61 Å². The molecule has 3 aromatic rings. The molecule has 3 aromatic carbocycles. The van der Waals surface area contributed by atoms with Crippen LogP contribution in [-0.4, -0.2) is 5.97 Å². The highest BCUT2D eigenvalue weighted by atomic mass is 19.4. The highest BCUT2D eigenvalue weighted by molar-refractivity contribution is 5.88. The first-order valence-electron chi connectivity index (χ1n) is 7.92. The number of alkyl halides is 3. The third kappa shape index (κ3) is 4.30. The molecule has 2 nitrogen and oxygen atoms in total. The third-order valence-corrected chi connectivity index (χ3v) is 3.88. The Balaban J connectivity index is 1.67. The molecule has 0 unspecified atom stereocenters. The number of rotatable bonds is 4. The summed E-state index contributed by atoms with van der Waals surface area (Å²) in [5.41, 5.74) is 0.384. The van der Waals surface area contributed by atoms with E-state index in [-0.39, 0.29) is 12.2 Å². The Labute approximate surface area is 148 Å². The van der Waals surface area contributed by atoms with Gasteiger partial charge in [0.05, 0.1) is 5.56 Å². The fourth-order valence-corrected chi connectivity index (χ4v) is 2.60. The fraction of sp³-hybridized carbons (Fsp3) is 0.0952. The van der Waals surface area contributed by atoms with Gasteiger partial charge in [0, 0.05) is 6.08 Å². The third-order valence-electron chi connectivity index (χ3n) is 3.88. The first kappa shape index (κ1) is 17.7. The quantitative estimate of drug-likeness (QED) is 0.448. The van der Waals surface area contributed by atoms with Crippen LogP contribution in [0.3, 0.4) is 0 Å². The molecule has 0 aromatic heterocycles. The normalized spacial score (nSPS) is 11.8. The Morgan fingerprint density at radius 3 is 2.50 bits per heavy atom. The number of hydrogen-bond donors (Lipinski definition) is 0. The van der Waals surface area contributed by atoms with Crippen LogP contribution in [0.5, 0.6) is 0 Å². The summed E-state index contributed by atoms with van der Waals surface area (Å²) in [7, 11) is 0. The van der Waals surface area contributed by atoms with E-state index >= 15 is 0 Å². The van der Waals surface area contributed by atoms with Crippen molar-refractivity contribution in [1.29, 1.82) is 0 Å². The number of esters is 1. The molecule has 0 saturated heterocycles. The zero-order valence-corrected chi connectivity index (χ0v) is 13.7. The molecule has 0 aliphatic rings. The molecule has 26 heavy (non-hydrogen) atoms. The molecule has 0 heterocycles. The molecule has 0 radical (unpaired) electrons. The highest BCUT2D eigenvalue weighted by Crippen LogP contribution is 2.29.